The van der Waals surface area contributed by atoms with E-state index in [9.17, 15) is 4.79 Å². The average Bonchev–Trinajstić information content (AvgIpc) is 2.96. The first-order valence-electron chi connectivity index (χ1n) is 7.12. The molecule has 1 aliphatic rings. The highest BCUT2D eigenvalue weighted by atomic mass is 16.7. The lowest BCUT2D eigenvalue weighted by molar-refractivity contribution is 0.174. The smallest absolute Gasteiger partial charge is 0.319 e. The van der Waals surface area contributed by atoms with Gasteiger partial charge in [-0.3, -0.25) is 0 Å². The van der Waals surface area contributed by atoms with E-state index in [1.165, 1.54) is 0 Å². The van der Waals surface area contributed by atoms with Crippen LogP contribution in [0, 0.1) is 13.8 Å². The van der Waals surface area contributed by atoms with E-state index in [1.807, 2.05) is 50.2 Å². The Hall–Kier alpha value is -2.69. The number of hydrogen-bond donors (Lipinski definition) is 2. The van der Waals surface area contributed by atoms with E-state index in [0.717, 1.165) is 28.1 Å². The van der Waals surface area contributed by atoms with Crippen LogP contribution in [-0.4, -0.2) is 12.8 Å². The molecule has 2 aromatic carbocycles. The summed E-state index contributed by atoms with van der Waals surface area (Å²) in [7, 11) is 0. The zero-order valence-corrected chi connectivity index (χ0v) is 12.6. The van der Waals surface area contributed by atoms with Crippen molar-refractivity contribution in [1.29, 1.82) is 0 Å². The first kappa shape index (κ1) is 14.3. The number of aryl methyl sites for hydroxylation is 2. The number of carbonyl (C=O) groups excluding carboxylic acids is 1. The molecule has 0 atom stereocenters. The summed E-state index contributed by atoms with van der Waals surface area (Å²) in [5.74, 6) is 1.46. The predicted molar refractivity (Wildman–Crippen MR) is 84.3 cm³/mol. The van der Waals surface area contributed by atoms with Crippen molar-refractivity contribution < 1.29 is 14.3 Å². The van der Waals surface area contributed by atoms with Gasteiger partial charge in [0.25, 0.3) is 0 Å². The van der Waals surface area contributed by atoms with Crippen LogP contribution in [-0.2, 0) is 6.54 Å². The summed E-state index contributed by atoms with van der Waals surface area (Å²) < 4.78 is 10.6. The summed E-state index contributed by atoms with van der Waals surface area (Å²) in [6.07, 6.45) is 0. The minimum absolute atomic E-state index is 0.230. The molecule has 2 N–H and O–H groups in total. The molecular weight excluding hydrogens is 280 g/mol. The highest BCUT2D eigenvalue weighted by molar-refractivity contribution is 5.90. The Labute approximate surface area is 129 Å². The van der Waals surface area contributed by atoms with Crippen LogP contribution >= 0.6 is 0 Å². The van der Waals surface area contributed by atoms with E-state index in [2.05, 4.69) is 10.6 Å². The standard InChI is InChI=1S/C17H18N2O3/c1-11-3-4-12(2)14(7-11)19-17(20)18-9-13-5-6-15-16(8-13)22-10-21-15/h3-8H,9-10H2,1-2H3,(H2,18,19,20). The van der Waals surface area contributed by atoms with E-state index >= 15 is 0 Å². The minimum atomic E-state index is -0.230. The van der Waals surface area contributed by atoms with Crippen molar-refractivity contribution in [2.75, 3.05) is 12.1 Å². The van der Waals surface area contributed by atoms with Gasteiger partial charge in [-0.1, -0.05) is 18.2 Å². The van der Waals surface area contributed by atoms with E-state index < -0.39 is 0 Å². The number of anilines is 1. The summed E-state index contributed by atoms with van der Waals surface area (Å²) in [6, 6.07) is 11.4. The fraction of sp³-hybridized carbons (Fsp3) is 0.235. The predicted octanol–water partition coefficient (Wildman–Crippen LogP) is 3.35. The van der Waals surface area contributed by atoms with Gasteiger partial charge in [0.1, 0.15) is 0 Å². The average molecular weight is 298 g/mol. The van der Waals surface area contributed by atoms with Gasteiger partial charge in [-0.25, -0.2) is 4.79 Å². The number of amides is 2. The molecule has 0 fully saturated rings. The second kappa shape index (κ2) is 5.97. The molecule has 2 aromatic rings. The van der Waals surface area contributed by atoms with Crippen molar-refractivity contribution in [3.8, 4) is 11.5 Å². The highest BCUT2D eigenvalue weighted by Crippen LogP contribution is 2.32. The summed E-state index contributed by atoms with van der Waals surface area (Å²) in [4.78, 5) is 12.0. The summed E-state index contributed by atoms with van der Waals surface area (Å²) in [6.45, 7) is 4.63. The maximum atomic E-state index is 12.0. The van der Waals surface area contributed by atoms with Gasteiger partial charge in [-0.05, 0) is 48.7 Å². The Morgan fingerprint density at radius 3 is 2.77 bits per heavy atom. The van der Waals surface area contributed by atoms with Gasteiger partial charge in [-0.2, -0.15) is 0 Å². The van der Waals surface area contributed by atoms with Crippen LogP contribution in [0.1, 0.15) is 16.7 Å². The fourth-order valence-electron chi connectivity index (χ4n) is 2.27. The van der Waals surface area contributed by atoms with Crippen molar-refractivity contribution in [2.24, 2.45) is 0 Å². The molecule has 1 heterocycles. The fourth-order valence-corrected chi connectivity index (χ4v) is 2.27. The molecule has 0 aliphatic carbocycles. The number of benzene rings is 2. The van der Waals surface area contributed by atoms with Gasteiger partial charge in [0, 0.05) is 12.2 Å². The number of hydrogen-bond acceptors (Lipinski definition) is 3. The third-order valence-corrected chi connectivity index (χ3v) is 3.53. The summed E-state index contributed by atoms with van der Waals surface area (Å²) >= 11 is 0. The first-order chi connectivity index (χ1) is 10.6. The van der Waals surface area contributed by atoms with Gasteiger partial charge < -0.3 is 20.1 Å². The molecule has 0 radical (unpaired) electrons. The molecule has 0 unspecified atom stereocenters. The summed E-state index contributed by atoms with van der Waals surface area (Å²) in [5.41, 5.74) is 3.92. The van der Waals surface area contributed by atoms with Gasteiger partial charge in [-0.15, -0.1) is 0 Å². The molecular formula is C17H18N2O3. The molecule has 0 saturated carbocycles. The molecule has 0 saturated heterocycles. The van der Waals surface area contributed by atoms with Crippen LogP contribution in [0.2, 0.25) is 0 Å². The van der Waals surface area contributed by atoms with Gasteiger partial charge in [0.05, 0.1) is 0 Å². The Morgan fingerprint density at radius 1 is 1.09 bits per heavy atom. The highest BCUT2D eigenvalue weighted by Gasteiger charge is 2.13. The van der Waals surface area contributed by atoms with E-state index in [4.69, 9.17) is 9.47 Å². The van der Waals surface area contributed by atoms with Crippen molar-refractivity contribution in [3.63, 3.8) is 0 Å². The second-order valence-electron chi connectivity index (χ2n) is 5.31. The Morgan fingerprint density at radius 2 is 1.91 bits per heavy atom. The normalized spacial score (nSPS) is 12.1. The maximum absolute atomic E-state index is 12.0. The molecule has 114 valence electrons. The van der Waals surface area contributed by atoms with Crippen LogP contribution in [0.5, 0.6) is 11.5 Å². The molecule has 5 heteroatoms. The third-order valence-electron chi connectivity index (χ3n) is 3.53. The van der Waals surface area contributed by atoms with Crippen LogP contribution in [0.15, 0.2) is 36.4 Å². The number of ether oxygens (including phenoxy) is 2. The van der Waals surface area contributed by atoms with Crippen LogP contribution in [0.4, 0.5) is 10.5 Å². The SMILES string of the molecule is Cc1ccc(C)c(NC(=O)NCc2ccc3c(c2)OCO3)c1. The molecule has 0 spiro atoms. The summed E-state index contributed by atoms with van der Waals surface area (Å²) in [5, 5.41) is 5.71. The number of fused-ring (bicyclic) bond motifs is 1. The lowest BCUT2D eigenvalue weighted by Gasteiger charge is -2.11. The molecule has 2 amide bonds. The van der Waals surface area contributed by atoms with Crippen molar-refractivity contribution >= 4 is 11.7 Å². The number of carbonyl (C=O) groups is 1. The van der Waals surface area contributed by atoms with E-state index in [-0.39, 0.29) is 12.8 Å². The Bertz CT molecular complexity index is 713. The Kier molecular flexibility index (Phi) is 3.87. The van der Waals surface area contributed by atoms with E-state index in [0.29, 0.717) is 12.3 Å². The molecule has 3 rings (SSSR count). The zero-order chi connectivity index (χ0) is 15.5. The molecule has 0 bridgehead atoms. The number of nitrogens with one attached hydrogen (secondary N) is 2. The molecule has 5 nitrogen and oxygen atoms in total. The third kappa shape index (κ3) is 3.14. The van der Waals surface area contributed by atoms with Crippen LogP contribution in [0.25, 0.3) is 0 Å². The minimum Gasteiger partial charge on any atom is -0.454 e. The number of urea groups is 1. The monoisotopic (exact) mass is 298 g/mol. The quantitative estimate of drug-likeness (QED) is 0.913. The largest absolute Gasteiger partial charge is 0.454 e. The van der Waals surface area contributed by atoms with Crippen molar-refractivity contribution in [2.45, 2.75) is 20.4 Å². The lowest BCUT2D eigenvalue weighted by Crippen LogP contribution is -2.28. The van der Waals surface area contributed by atoms with Gasteiger partial charge in [0.2, 0.25) is 6.79 Å². The Balaban J connectivity index is 1.59. The van der Waals surface area contributed by atoms with Crippen LogP contribution in [0.3, 0.4) is 0 Å². The van der Waals surface area contributed by atoms with Crippen molar-refractivity contribution in [3.05, 3.63) is 53.1 Å². The molecule has 1 aliphatic heterocycles. The molecule has 0 aromatic heterocycles. The van der Waals surface area contributed by atoms with Crippen LogP contribution < -0.4 is 20.1 Å². The zero-order valence-electron chi connectivity index (χ0n) is 12.6. The molecule has 22 heavy (non-hydrogen) atoms. The topological polar surface area (TPSA) is 59.6 Å². The van der Waals surface area contributed by atoms with E-state index in [1.54, 1.807) is 0 Å². The second-order valence-corrected chi connectivity index (χ2v) is 5.31. The van der Waals surface area contributed by atoms with Gasteiger partial charge in [0.15, 0.2) is 11.5 Å². The number of rotatable bonds is 3. The maximum Gasteiger partial charge on any atom is 0.319 e. The first-order valence-corrected chi connectivity index (χ1v) is 7.12. The van der Waals surface area contributed by atoms with Crippen molar-refractivity contribution in [1.82, 2.24) is 5.32 Å². The van der Waals surface area contributed by atoms with Gasteiger partial charge >= 0.3 is 6.03 Å². The lowest BCUT2D eigenvalue weighted by atomic mass is 10.1.